The number of carbonyl (C=O) groups is 1. The van der Waals surface area contributed by atoms with Crippen molar-refractivity contribution in [1.82, 2.24) is 5.43 Å². The van der Waals surface area contributed by atoms with Crippen LogP contribution in [0.2, 0.25) is 0 Å². The summed E-state index contributed by atoms with van der Waals surface area (Å²) < 4.78 is 5.12. The molecular weight excluding hydrogens is 240 g/mol. The van der Waals surface area contributed by atoms with E-state index in [0.717, 1.165) is 18.6 Å². The Hall–Kier alpha value is -1.58. The van der Waals surface area contributed by atoms with Crippen molar-refractivity contribution in [3.63, 3.8) is 0 Å². The molecule has 0 bridgehead atoms. The average Bonchev–Trinajstić information content (AvgIpc) is 2.69. The van der Waals surface area contributed by atoms with E-state index in [0.29, 0.717) is 17.2 Å². The van der Waals surface area contributed by atoms with E-state index in [1.807, 2.05) is 0 Å². The average molecular weight is 262 g/mol. The van der Waals surface area contributed by atoms with E-state index in [9.17, 15) is 4.79 Å². The van der Waals surface area contributed by atoms with Crippen LogP contribution in [0.5, 0.6) is 0 Å². The highest BCUT2D eigenvalue weighted by atomic mass is 16.3. The highest BCUT2D eigenvalue weighted by Crippen LogP contribution is 2.36. The Morgan fingerprint density at radius 2 is 2.26 bits per heavy atom. The van der Waals surface area contributed by atoms with E-state index in [1.165, 1.54) is 12.7 Å². The second-order valence-corrected chi connectivity index (χ2v) is 6.36. The number of aryl methyl sites for hydroxylation is 1. The maximum Gasteiger partial charge on any atom is 0.274 e. The minimum atomic E-state index is -0.199. The van der Waals surface area contributed by atoms with Crippen LogP contribution in [0, 0.1) is 18.3 Å². The molecule has 0 spiro atoms. The molecule has 19 heavy (non-hydrogen) atoms. The molecule has 1 saturated carbocycles. The van der Waals surface area contributed by atoms with Crippen LogP contribution < -0.4 is 5.43 Å². The maximum atomic E-state index is 11.9. The fourth-order valence-corrected chi connectivity index (χ4v) is 3.01. The molecule has 1 fully saturated rings. The Kier molecular flexibility index (Phi) is 3.78. The first-order chi connectivity index (χ1) is 8.87. The van der Waals surface area contributed by atoms with Crippen molar-refractivity contribution in [3.05, 3.63) is 23.7 Å². The number of carbonyl (C=O) groups excluding carboxylic acids is 1. The van der Waals surface area contributed by atoms with Gasteiger partial charge >= 0.3 is 0 Å². The number of rotatable bonds is 2. The molecular formula is C15H22N2O2. The predicted octanol–water partition coefficient (Wildman–Crippen LogP) is 3.52. The second-order valence-electron chi connectivity index (χ2n) is 6.36. The van der Waals surface area contributed by atoms with Gasteiger partial charge in [-0.3, -0.25) is 4.79 Å². The summed E-state index contributed by atoms with van der Waals surface area (Å²) in [7, 11) is 0. The standard InChI is InChI=1S/C15H22N2O2/c1-10-7-12(9-15(3,4)8-10)16-17-14(18)13-5-6-19-11(13)2/h5-6,10H,7-9H2,1-4H3,(H,17,18)/b16-12+. The summed E-state index contributed by atoms with van der Waals surface area (Å²) in [5.41, 5.74) is 4.54. The van der Waals surface area contributed by atoms with Gasteiger partial charge in [0.1, 0.15) is 5.76 Å². The lowest BCUT2D eigenvalue weighted by Gasteiger charge is -2.34. The van der Waals surface area contributed by atoms with Gasteiger partial charge in [0.2, 0.25) is 0 Å². The third-order valence-electron chi connectivity index (χ3n) is 3.59. The van der Waals surface area contributed by atoms with Gasteiger partial charge in [-0.2, -0.15) is 5.10 Å². The smallest absolute Gasteiger partial charge is 0.274 e. The highest BCUT2D eigenvalue weighted by molar-refractivity contribution is 5.96. The topological polar surface area (TPSA) is 54.6 Å². The van der Waals surface area contributed by atoms with Crippen LogP contribution in [0.4, 0.5) is 0 Å². The molecule has 2 rings (SSSR count). The van der Waals surface area contributed by atoms with Gasteiger partial charge in [-0.05, 0) is 43.6 Å². The summed E-state index contributed by atoms with van der Waals surface area (Å²) in [6.45, 7) is 8.51. The van der Waals surface area contributed by atoms with Gasteiger partial charge in [0.15, 0.2) is 0 Å². The van der Waals surface area contributed by atoms with Crippen LogP contribution in [0.25, 0.3) is 0 Å². The first kappa shape index (κ1) is 13.8. The third kappa shape index (κ3) is 3.46. The Morgan fingerprint density at radius 1 is 1.53 bits per heavy atom. The summed E-state index contributed by atoms with van der Waals surface area (Å²) in [6.07, 6.45) is 4.64. The molecule has 0 saturated heterocycles. The van der Waals surface area contributed by atoms with E-state index in [4.69, 9.17) is 4.42 Å². The molecule has 1 aromatic heterocycles. The van der Waals surface area contributed by atoms with Crippen LogP contribution in [0.1, 0.15) is 56.2 Å². The Morgan fingerprint density at radius 3 is 2.84 bits per heavy atom. The van der Waals surface area contributed by atoms with Gasteiger partial charge < -0.3 is 4.42 Å². The zero-order valence-electron chi connectivity index (χ0n) is 12.1. The Bertz CT molecular complexity index is 500. The molecule has 0 aromatic carbocycles. The largest absolute Gasteiger partial charge is 0.469 e. The molecule has 1 heterocycles. The van der Waals surface area contributed by atoms with E-state index in [2.05, 4.69) is 31.3 Å². The predicted molar refractivity (Wildman–Crippen MR) is 75.1 cm³/mol. The maximum absolute atomic E-state index is 11.9. The SMILES string of the molecule is Cc1occc1C(=O)N/N=C1\CC(C)CC(C)(C)C1. The molecule has 1 N–H and O–H groups in total. The summed E-state index contributed by atoms with van der Waals surface area (Å²) in [4.78, 5) is 11.9. The molecule has 1 atom stereocenters. The van der Waals surface area contributed by atoms with Gasteiger partial charge in [0, 0.05) is 5.71 Å². The number of hydrogen-bond donors (Lipinski definition) is 1. The van der Waals surface area contributed by atoms with Gasteiger partial charge in [-0.1, -0.05) is 20.8 Å². The fraction of sp³-hybridized carbons (Fsp3) is 0.600. The zero-order chi connectivity index (χ0) is 14.0. The minimum absolute atomic E-state index is 0.199. The molecule has 4 nitrogen and oxygen atoms in total. The lowest BCUT2D eigenvalue weighted by atomic mass is 9.72. The van der Waals surface area contributed by atoms with Gasteiger partial charge in [-0.25, -0.2) is 5.43 Å². The van der Waals surface area contributed by atoms with Gasteiger partial charge in [-0.15, -0.1) is 0 Å². The number of amides is 1. The number of hydrogen-bond acceptors (Lipinski definition) is 3. The van der Waals surface area contributed by atoms with Crippen molar-refractivity contribution in [2.24, 2.45) is 16.4 Å². The quantitative estimate of drug-likeness (QED) is 0.829. The van der Waals surface area contributed by atoms with Gasteiger partial charge in [0.05, 0.1) is 11.8 Å². The van der Waals surface area contributed by atoms with Gasteiger partial charge in [0.25, 0.3) is 5.91 Å². The number of nitrogens with zero attached hydrogens (tertiary/aromatic N) is 1. The monoisotopic (exact) mass is 262 g/mol. The fourth-order valence-electron chi connectivity index (χ4n) is 3.01. The third-order valence-corrected chi connectivity index (χ3v) is 3.59. The molecule has 1 aliphatic rings. The highest BCUT2D eigenvalue weighted by Gasteiger charge is 2.29. The van der Waals surface area contributed by atoms with E-state index in [-0.39, 0.29) is 11.3 Å². The van der Waals surface area contributed by atoms with Crippen LogP contribution in [-0.4, -0.2) is 11.6 Å². The van der Waals surface area contributed by atoms with Crippen molar-refractivity contribution in [2.75, 3.05) is 0 Å². The van der Waals surface area contributed by atoms with E-state index in [1.54, 1.807) is 13.0 Å². The lowest BCUT2D eigenvalue weighted by molar-refractivity contribution is 0.0952. The summed E-state index contributed by atoms with van der Waals surface area (Å²) >= 11 is 0. The molecule has 1 unspecified atom stereocenters. The molecule has 1 amide bonds. The minimum Gasteiger partial charge on any atom is -0.469 e. The summed E-state index contributed by atoms with van der Waals surface area (Å²) in [5, 5.41) is 4.30. The summed E-state index contributed by atoms with van der Waals surface area (Å²) in [5.74, 6) is 1.04. The van der Waals surface area contributed by atoms with Crippen LogP contribution in [0.15, 0.2) is 21.8 Å². The van der Waals surface area contributed by atoms with Crippen molar-refractivity contribution >= 4 is 11.6 Å². The molecule has 4 heteroatoms. The number of hydrazone groups is 1. The van der Waals surface area contributed by atoms with Crippen LogP contribution >= 0.6 is 0 Å². The van der Waals surface area contributed by atoms with E-state index >= 15 is 0 Å². The van der Waals surface area contributed by atoms with Crippen molar-refractivity contribution < 1.29 is 9.21 Å². The molecule has 0 radical (unpaired) electrons. The molecule has 1 aromatic rings. The zero-order valence-corrected chi connectivity index (χ0v) is 12.1. The number of furan rings is 1. The summed E-state index contributed by atoms with van der Waals surface area (Å²) in [6, 6.07) is 1.66. The molecule has 0 aliphatic heterocycles. The second kappa shape index (κ2) is 5.19. The molecule has 104 valence electrons. The Labute approximate surface area is 114 Å². The van der Waals surface area contributed by atoms with Crippen molar-refractivity contribution in [2.45, 2.75) is 47.0 Å². The van der Waals surface area contributed by atoms with Crippen molar-refractivity contribution in [3.8, 4) is 0 Å². The van der Waals surface area contributed by atoms with Crippen LogP contribution in [-0.2, 0) is 0 Å². The van der Waals surface area contributed by atoms with Crippen LogP contribution in [0.3, 0.4) is 0 Å². The Balaban J connectivity index is 2.02. The normalized spacial score (nSPS) is 24.4. The van der Waals surface area contributed by atoms with Crippen molar-refractivity contribution in [1.29, 1.82) is 0 Å². The van der Waals surface area contributed by atoms with E-state index < -0.39 is 0 Å². The first-order valence-electron chi connectivity index (χ1n) is 6.77. The lowest BCUT2D eigenvalue weighted by Crippen LogP contribution is -2.30. The number of nitrogens with one attached hydrogen (secondary N) is 1. The molecule has 1 aliphatic carbocycles. The first-order valence-corrected chi connectivity index (χ1v) is 6.77.